The first-order valence-corrected chi connectivity index (χ1v) is 10.5. The highest BCUT2D eigenvalue weighted by atomic mass is 32.1. The molecule has 0 amide bonds. The summed E-state index contributed by atoms with van der Waals surface area (Å²) in [5, 5.41) is 0.724. The molecule has 1 aliphatic heterocycles. The summed E-state index contributed by atoms with van der Waals surface area (Å²) in [6.07, 6.45) is -3.64. The second-order valence-electron chi connectivity index (χ2n) is 7.30. The van der Waals surface area contributed by atoms with Crippen LogP contribution in [-0.4, -0.2) is 47.0 Å². The van der Waals surface area contributed by atoms with E-state index in [1.54, 1.807) is 0 Å². The first-order valence-electron chi connectivity index (χ1n) is 9.72. The standard InChI is InChI=1S/C21H19F5N4S/c22-17-6-3-15(13-18(17)23)19-27-20(31-28-19)30-11-9-29(10-12-30)8-7-14-1-4-16(5-2-14)21(24,25)26/h1-6,13H,7-12H2. The van der Waals surface area contributed by atoms with Crippen LogP contribution in [-0.2, 0) is 12.6 Å². The topological polar surface area (TPSA) is 32.3 Å². The average molecular weight is 454 g/mol. The molecule has 0 atom stereocenters. The van der Waals surface area contributed by atoms with E-state index in [0.29, 0.717) is 17.8 Å². The molecule has 0 bridgehead atoms. The highest BCUT2D eigenvalue weighted by molar-refractivity contribution is 7.09. The lowest BCUT2D eigenvalue weighted by Crippen LogP contribution is -2.47. The van der Waals surface area contributed by atoms with Gasteiger partial charge in [0.05, 0.1) is 5.56 Å². The summed E-state index contributed by atoms with van der Waals surface area (Å²) in [5.74, 6) is -1.48. The molecule has 1 fully saturated rings. The molecule has 0 spiro atoms. The molecule has 31 heavy (non-hydrogen) atoms. The lowest BCUT2D eigenvalue weighted by molar-refractivity contribution is -0.137. The summed E-state index contributed by atoms with van der Waals surface area (Å²) in [5.41, 5.74) is 0.664. The van der Waals surface area contributed by atoms with Crippen molar-refractivity contribution in [1.29, 1.82) is 0 Å². The smallest absolute Gasteiger partial charge is 0.344 e. The summed E-state index contributed by atoms with van der Waals surface area (Å²) < 4.78 is 68.8. The Labute approximate surface area is 180 Å². The zero-order valence-electron chi connectivity index (χ0n) is 16.4. The van der Waals surface area contributed by atoms with E-state index < -0.39 is 23.4 Å². The Morgan fingerprint density at radius 1 is 0.903 bits per heavy atom. The first-order chi connectivity index (χ1) is 14.8. The fourth-order valence-electron chi connectivity index (χ4n) is 3.41. The van der Waals surface area contributed by atoms with Crippen LogP contribution in [0.4, 0.5) is 27.1 Å². The van der Waals surface area contributed by atoms with Crippen molar-refractivity contribution < 1.29 is 22.0 Å². The second kappa shape index (κ2) is 8.88. The van der Waals surface area contributed by atoms with Gasteiger partial charge in [0.1, 0.15) is 0 Å². The highest BCUT2D eigenvalue weighted by Gasteiger charge is 2.30. The van der Waals surface area contributed by atoms with Crippen LogP contribution in [0.15, 0.2) is 42.5 Å². The number of piperazine rings is 1. The molecular weight excluding hydrogens is 435 g/mol. The van der Waals surface area contributed by atoms with Crippen LogP contribution in [0.25, 0.3) is 11.4 Å². The van der Waals surface area contributed by atoms with Gasteiger partial charge in [-0.25, -0.2) is 8.78 Å². The molecular formula is C21H19F5N4S. The molecule has 0 unspecified atom stereocenters. The SMILES string of the molecule is Fc1ccc(-c2nsc(N3CCN(CCc4ccc(C(F)(F)F)cc4)CC3)n2)cc1F. The predicted molar refractivity (Wildman–Crippen MR) is 109 cm³/mol. The van der Waals surface area contributed by atoms with Crippen molar-refractivity contribution in [2.75, 3.05) is 37.6 Å². The van der Waals surface area contributed by atoms with Gasteiger partial charge < -0.3 is 4.90 Å². The van der Waals surface area contributed by atoms with Crippen molar-refractivity contribution in [3.8, 4) is 11.4 Å². The molecule has 2 aromatic carbocycles. The Hall–Kier alpha value is -2.59. The third kappa shape index (κ3) is 5.19. The van der Waals surface area contributed by atoms with Gasteiger partial charge in [0.15, 0.2) is 17.5 Å². The number of hydrogen-bond donors (Lipinski definition) is 0. The van der Waals surface area contributed by atoms with Gasteiger partial charge in [0.25, 0.3) is 0 Å². The Kier molecular flexibility index (Phi) is 6.19. The summed E-state index contributed by atoms with van der Waals surface area (Å²) in [6.45, 7) is 3.82. The van der Waals surface area contributed by atoms with Crippen LogP contribution in [0.3, 0.4) is 0 Å². The molecule has 0 N–H and O–H groups in total. The van der Waals surface area contributed by atoms with E-state index in [-0.39, 0.29) is 0 Å². The molecule has 1 saturated heterocycles. The average Bonchev–Trinajstić information content (AvgIpc) is 3.24. The summed E-state index contributed by atoms with van der Waals surface area (Å²) in [6, 6.07) is 8.88. The van der Waals surface area contributed by atoms with Gasteiger partial charge in [-0.15, -0.1) is 0 Å². The zero-order chi connectivity index (χ0) is 22.0. The minimum atomic E-state index is -4.32. The summed E-state index contributed by atoms with van der Waals surface area (Å²) in [7, 11) is 0. The van der Waals surface area contributed by atoms with Crippen LogP contribution in [0, 0.1) is 11.6 Å². The zero-order valence-corrected chi connectivity index (χ0v) is 17.2. The summed E-state index contributed by atoms with van der Waals surface area (Å²) in [4.78, 5) is 8.80. The Morgan fingerprint density at radius 2 is 1.61 bits per heavy atom. The number of benzene rings is 2. The van der Waals surface area contributed by atoms with E-state index in [4.69, 9.17) is 0 Å². The quantitative estimate of drug-likeness (QED) is 0.515. The van der Waals surface area contributed by atoms with E-state index in [2.05, 4.69) is 19.2 Å². The van der Waals surface area contributed by atoms with E-state index in [1.807, 2.05) is 0 Å². The number of rotatable bonds is 5. The molecule has 164 valence electrons. The van der Waals surface area contributed by atoms with E-state index >= 15 is 0 Å². The maximum absolute atomic E-state index is 13.4. The van der Waals surface area contributed by atoms with Gasteiger partial charge in [-0.05, 0) is 42.3 Å². The minimum Gasteiger partial charge on any atom is -0.344 e. The molecule has 3 aromatic rings. The fraction of sp³-hybridized carbons (Fsp3) is 0.333. The Bertz CT molecular complexity index is 1030. The molecule has 1 aromatic heterocycles. The number of hydrogen-bond acceptors (Lipinski definition) is 5. The normalized spacial score (nSPS) is 15.5. The Morgan fingerprint density at radius 3 is 2.26 bits per heavy atom. The van der Waals surface area contributed by atoms with Gasteiger partial charge in [-0.3, -0.25) is 4.90 Å². The number of aromatic nitrogens is 2. The first kappa shape index (κ1) is 21.6. The number of halogens is 5. The van der Waals surface area contributed by atoms with Crippen LogP contribution in [0.5, 0.6) is 0 Å². The Balaban J connectivity index is 1.29. The molecule has 0 radical (unpaired) electrons. The molecule has 4 rings (SSSR count). The molecule has 0 aliphatic carbocycles. The maximum Gasteiger partial charge on any atom is 0.416 e. The van der Waals surface area contributed by atoms with Crippen molar-refractivity contribution in [1.82, 2.24) is 14.3 Å². The fourth-order valence-corrected chi connectivity index (χ4v) is 4.15. The largest absolute Gasteiger partial charge is 0.416 e. The van der Waals surface area contributed by atoms with Crippen molar-refractivity contribution in [2.45, 2.75) is 12.6 Å². The van der Waals surface area contributed by atoms with Crippen molar-refractivity contribution >= 4 is 16.7 Å². The molecule has 4 nitrogen and oxygen atoms in total. The van der Waals surface area contributed by atoms with Gasteiger partial charge >= 0.3 is 6.18 Å². The van der Waals surface area contributed by atoms with Crippen molar-refractivity contribution in [3.63, 3.8) is 0 Å². The third-order valence-electron chi connectivity index (χ3n) is 5.23. The maximum atomic E-state index is 13.4. The monoisotopic (exact) mass is 454 g/mol. The number of anilines is 1. The van der Waals surface area contributed by atoms with E-state index in [1.165, 1.54) is 29.7 Å². The van der Waals surface area contributed by atoms with Crippen molar-refractivity contribution in [2.24, 2.45) is 0 Å². The number of alkyl halides is 3. The lowest BCUT2D eigenvalue weighted by Gasteiger charge is -2.34. The van der Waals surface area contributed by atoms with Crippen LogP contribution >= 0.6 is 11.5 Å². The van der Waals surface area contributed by atoms with Crippen molar-refractivity contribution in [3.05, 3.63) is 65.2 Å². The van der Waals surface area contributed by atoms with Crippen LogP contribution in [0.2, 0.25) is 0 Å². The predicted octanol–water partition coefficient (Wildman–Crippen LogP) is 4.87. The van der Waals surface area contributed by atoms with E-state index in [9.17, 15) is 22.0 Å². The molecule has 1 aliphatic rings. The molecule has 2 heterocycles. The van der Waals surface area contributed by atoms with Gasteiger partial charge in [-0.1, -0.05) is 12.1 Å². The second-order valence-corrected chi connectivity index (χ2v) is 8.03. The van der Waals surface area contributed by atoms with E-state index in [0.717, 1.165) is 67.7 Å². The number of nitrogens with zero attached hydrogens (tertiary/aromatic N) is 4. The highest BCUT2D eigenvalue weighted by Crippen LogP contribution is 2.29. The molecule has 0 saturated carbocycles. The van der Waals surface area contributed by atoms with Crippen LogP contribution < -0.4 is 4.90 Å². The lowest BCUT2D eigenvalue weighted by atomic mass is 10.1. The van der Waals surface area contributed by atoms with Gasteiger partial charge in [0, 0.05) is 49.8 Å². The summed E-state index contributed by atoms with van der Waals surface area (Å²) >= 11 is 1.21. The molecule has 10 heteroatoms. The van der Waals surface area contributed by atoms with Crippen LogP contribution in [0.1, 0.15) is 11.1 Å². The van der Waals surface area contributed by atoms with Gasteiger partial charge in [0.2, 0.25) is 5.13 Å². The minimum absolute atomic E-state index is 0.364. The van der Waals surface area contributed by atoms with Gasteiger partial charge in [-0.2, -0.15) is 22.5 Å². The third-order valence-corrected chi connectivity index (χ3v) is 6.01.